The van der Waals surface area contributed by atoms with Crippen molar-refractivity contribution in [3.05, 3.63) is 95.1 Å². The zero-order chi connectivity index (χ0) is 38.8. The van der Waals surface area contributed by atoms with Gasteiger partial charge in [-0.1, -0.05) is 42.5 Å². The van der Waals surface area contributed by atoms with Crippen molar-refractivity contribution in [2.24, 2.45) is 0 Å². The average molecular weight is 768 g/mol. The number of amides is 2. The molecule has 2 aliphatic heterocycles. The number of rotatable bonds is 8. The van der Waals surface area contributed by atoms with Crippen molar-refractivity contribution in [1.29, 1.82) is 0 Å². The van der Waals surface area contributed by atoms with Gasteiger partial charge in [0.05, 0.1) is 35.6 Å². The maximum absolute atomic E-state index is 14.6. The molecule has 54 heavy (non-hydrogen) atoms. The summed E-state index contributed by atoms with van der Waals surface area (Å²) < 4.78 is 131. The molecule has 1 aromatic heterocycles. The molecule has 0 aliphatic carbocycles. The fourth-order valence-corrected chi connectivity index (χ4v) is 6.89. The Morgan fingerprint density at radius 1 is 0.833 bits per heavy atom. The first kappa shape index (κ1) is 39.0. The molecule has 288 valence electrons. The lowest BCUT2D eigenvalue weighted by atomic mass is 9.93. The van der Waals surface area contributed by atoms with Crippen molar-refractivity contribution in [2.45, 2.75) is 50.0 Å². The van der Waals surface area contributed by atoms with Gasteiger partial charge in [0.2, 0.25) is 0 Å². The molecule has 1 atom stereocenters. The summed E-state index contributed by atoms with van der Waals surface area (Å²) in [6, 6.07) is 11.4. The molecule has 3 heterocycles. The van der Waals surface area contributed by atoms with Gasteiger partial charge in [-0.05, 0) is 61.8 Å². The molecule has 0 saturated carbocycles. The van der Waals surface area contributed by atoms with E-state index >= 15 is 0 Å². The molecule has 2 aliphatic rings. The lowest BCUT2D eigenvalue weighted by Crippen LogP contribution is -2.48. The molecule has 17 heteroatoms. The lowest BCUT2D eigenvalue weighted by Gasteiger charge is -2.40. The molecular weight excluding hydrogens is 733 g/mol. The van der Waals surface area contributed by atoms with Crippen LogP contribution in [0.3, 0.4) is 0 Å². The van der Waals surface area contributed by atoms with Crippen molar-refractivity contribution in [2.75, 3.05) is 44.7 Å². The summed E-state index contributed by atoms with van der Waals surface area (Å²) in [6.45, 7) is 3.36. The lowest BCUT2D eigenvalue weighted by molar-refractivity contribution is -0.167. The largest absolute Gasteiger partial charge is 0.471 e. The van der Waals surface area contributed by atoms with E-state index in [2.05, 4.69) is 9.88 Å². The highest BCUT2D eigenvalue weighted by atomic mass is 19.4. The normalized spacial score (nSPS) is 17.4. The van der Waals surface area contributed by atoms with Gasteiger partial charge in [0.15, 0.2) is 6.04 Å². The number of likely N-dealkylation sites (tertiary alicyclic amines) is 1. The van der Waals surface area contributed by atoms with Crippen LogP contribution in [0.1, 0.15) is 45.9 Å². The smallest absolute Gasteiger partial charge is 0.379 e. The van der Waals surface area contributed by atoms with E-state index in [-0.39, 0.29) is 45.9 Å². The Kier molecular flexibility index (Phi) is 11.2. The number of pyridine rings is 1. The van der Waals surface area contributed by atoms with E-state index in [4.69, 9.17) is 4.74 Å². The number of carbonyl (C=O) groups excluding carboxylic acids is 2. The molecule has 2 fully saturated rings. The number of alkyl halides is 9. The van der Waals surface area contributed by atoms with Crippen LogP contribution >= 0.6 is 0 Å². The van der Waals surface area contributed by atoms with Crippen molar-refractivity contribution in [3.8, 4) is 11.3 Å². The number of carbonyl (C=O) groups is 2. The first-order valence-corrected chi connectivity index (χ1v) is 17.0. The first-order chi connectivity index (χ1) is 25.5. The highest BCUT2D eigenvalue weighted by Gasteiger charge is 2.43. The van der Waals surface area contributed by atoms with E-state index in [1.807, 2.05) is 10.2 Å². The third-order valence-corrected chi connectivity index (χ3v) is 9.53. The Morgan fingerprint density at radius 3 is 2.15 bits per heavy atom. The van der Waals surface area contributed by atoms with Gasteiger partial charge in [0.25, 0.3) is 5.91 Å². The van der Waals surface area contributed by atoms with Crippen LogP contribution < -0.4 is 10.6 Å². The Bertz CT molecular complexity index is 1970. The number of hydrogen-bond donors (Lipinski definition) is 2. The molecule has 2 amide bonds. The van der Waals surface area contributed by atoms with Crippen LogP contribution in [0.4, 0.5) is 45.2 Å². The number of nitrogens with one attached hydrogen (secondary N) is 2. The fourth-order valence-electron chi connectivity index (χ4n) is 6.89. The minimum atomic E-state index is -5.30. The highest BCUT2D eigenvalue weighted by Crippen LogP contribution is 2.39. The van der Waals surface area contributed by atoms with E-state index in [0.29, 0.717) is 39.1 Å². The van der Waals surface area contributed by atoms with Crippen molar-refractivity contribution >= 4 is 28.4 Å². The maximum atomic E-state index is 14.6. The minimum absolute atomic E-state index is 0.0440. The summed E-state index contributed by atoms with van der Waals surface area (Å²) >= 11 is 0. The number of nitrogens with zero attached hydrogens (tertiary/aromatic N) is 3. The van der Waals surface area contributed by atoms with E-state index in [1.54, 1.807) is 5.32 Å². The number of fused-ring (bicyclic) bond motifs is 1. The number of morpholine rings is 1. The number of ether oxygens (including phenoxy) is 1. The van der Waals surface area contributed by atoms with Crippen LogP contribution in [-0.2, 0) is 22.3 Å². The summed E-state index contributed by atoms with van der Waals surface area (Å²) in [4.78, 5) is 35.0. The van der Waals surface area contributed by atoms with E-state index in [0.717, 1.165) is 61.6 Å². The van der Waals surface area contributed by atoms with Crippen molar-refractivity contribution < 1.29 is 53.8 Å². The summed E-state index contributed by atoms with van der Waals surface area (Å²) in [5, 5.41) is 3.49. The van der Waals surface area contributed by atoms with Crippen LogP contribution in [0.15, 0.2) is 72.8 Å². The molecule has 4 aromatic rings. The Morgan fingerprint density at radius 2 is 1.52 bits per heavy atom. The Labute approximate surface area is 303 Å². The van der Waals surface area contributed by atoms with Gasteiger partial charge in [-0.25, -0.2) is 4.98 Å². The molecule has 0 radical (unpaired) electrons. The van der Waals surface area contributed by atoms with Gasteiger partial charge in [-0.3, -0.25) is 19.4 Å². The topological polar surface area (TPSA) is 86.8 Å². The predicted octanol–water partition coefficient (Wildman–Crippen LogP) is 7.75. The second kappa shape index (κ2) is 15.5. The van der Waals surface area contributed by atoms with Crippen LogP contribution in [0, 0.1) is 0 Å². The molecule has 0 unspecified atom stereocenters. The van der Waals surface area contributed by atoms with Gasteiger partial charge < -0.3 is 15.4 Å². The minimum Gasteiger partial charge on any atom is -0.379 e. The van der Waals surface area contributed by atoms with Gasteiger partial charge in [-0.2, -0.15) is 39.5 Å². The van der Waals surface area contributed by atoms with Crippen molar-refractivity contribution in [1.82, 2.24) is 20.1 Å². The number of piperidine rings is 1. The fraction of sp³-hybridized carbons (Fsp3) is 0.378. The summed E-state index contributed by atoms with van der Waals surface area (Å²) in [5.74, 6) is -3.65. The molecular formula is C37H34F9N5O3. The van der Waals surface area contributed by atoms with Crippen LogP contribution in [-0.4, -0.2) is 84.4 Å². The number of benzene rings is 3. The molecule has 2 N–H and O–H groups in total. The predicted molar refractivity (Wildman–Crippen MR) is 180 cm³/mol. The van der Waals surface area contributed by atoms with Gasteiger partial charge in [0, 0.05) is 47.9 Å². The maximum Gasteiger partial charge on any atom is 0.471 e. The Balaban J connectivity index is 1.51. The van der Waals surface area contributed by atoms with Gasteiger partial charge in [-0.15, -0.1) is 0 Å². The monoisotopic (exact) mass is 767 g/mol. The van der Waals surface area contributed by atoms with Crippen LogP contribution in [0.2, 0.25) is 0 Å². The zero-order valence-corrected chi connectivity index (χ0v) is 28.4. The average Bonchev–Trinajstić information content (AvgIpc) is 3.13. The molecule has 3 aromatic carbocycles. The quantitative estimate of drug-likeness (QED) is 0.179. The van der Waals surface area contributed by atoms with E-state index in [9.17, 15) is 49.1 Å². The van der Waals surface area contributed by atoms with Gasteiger partial charge >= 0.3 is 24.4 Å². The zero-order valence-electron chi connectivity index (χ0n) is 28.4. The molecule has 2 saturated heterocycles. The standard InChI is InChI=1S/C37H34F9N5O3/c38-35(39,40)24-8-4-7-23(19-24)31-28(21-50-13-11-26(12-14-50)51-15-17-54-18-16-51)30(33(52)49-32(36(41,42)43)22-5-2-1-3-6-22)27-20-25(9-10-29(27)48-31)47-34(53)37(44,45)46/h1-10,19-20,26,32H,11-18,21H2,(H,47,53)(H,49,52)/t32-/m1/s1. The number of hydrogen-bond acceptors (Lipinski definition) is 6. The number of aromatic nitrogens is 1. The molecule has 0 bridgehead atoms. The number of halogens is 9. The van der Waals surface area contributed by atoms with E-state index in [1.165, 1.54) is 24.3 Å². The van der Waals surface area contributed by atoms with Gasteiger partial charge in [0.1, 0.15) is 0 Å². The Hall–Kier alpha value is -4.74. The first-order valence-electron chi connectivity index (χ1n) is 17.0. The SMILES string of the molecule is O=C(N[C@H](c1ccccc1)C(F)(F)F)c1c(CN2CCC(N3CCOCC3)CC2)c(-c2cccc(C(F)(F)F)c2)nc2ccc(NC(=O)C(F)(F)F)cc12. The summed E-state index contributed by atoms with van der Waals surface area (Å²) in [6.07, 6.45) is -13.8. The van der Waals surface area contributed by atoms with Crippen LogP contribution in [0.5, 0.6) is 0 Å². The van der Waals surface area contributed by atoms with Crippen molar-refractivity contribution in [3.63, 3.8) is 0 Å². The summed E-state index contributed by atoms with van der Waals surface area (Å²) in [7, 11) is 0. The van der Waals surface area contributed by atoms with Crippen LogP contribution in [0.25, 0.3) is 22.2 Å². The second-order valence-electron chi connectivity index (χ2n) is 13.1. The molecule has 6 rings (SSSR count). The molecule has 8 nitrogen and oxygen atoms in total. The third kappa shape index (κ3) is 8.96. The molecule has 0 spiro atoms. The summed E-state index contributed by atoms with van der Waals surface area (Å²) in [5.41, 5.74) is -2.66. The third-order valence-electron chi connectivity index (χ3n) is 9.53. The van der Waals surface area contributed by atoms with E-state index < -0.39 is 53.2 Å². The highest BCUT2D eigenvalue weighted by molar-refractivity contribution is 6.10. The number of anilines is 1. The second-order valence-corrected chi connectivity index (χ2v) is 13.1.